The normalized spacial score (nSPS) is 16.9. The van der Waals surface area contributed by atoms with Gasteiger partial charge in [-0.1, -0.05) is 18.2 Å². The zero-order chi connectivity index (χ0) is 30.7. The summed E-state index contributed by atoms with van der Waals surface area (Å²) in [6, 6.07) is 10.5. The number of nitrogens with zero attached hydrogens (tertiary/aromatic N) is 5. The lowest BCUT2D eigenvalue weighted by atomic mass is 10.0. The van der Waals surface area contributed by atoms with Gasteiger partial charge < -0.3 is 19.7 Å². The molecule has 4 heterocycles. The van der Waals surface area contributed by atoms with E-state index in [0.717, 1.165) is 6.07 Å². The molecule has 0 saturated carbocycles. The number of aliphatic hydroxyl groups is 1. The average Bonchev–Trinajstić information content (AvgIpc) is 3.55. The van der Waals surface area contributed by atoms with Crippen molar-refractivity contribution in [3.63, 3.8) is 0 Å². The first kappa shape index (κ1) is 30.0. The third-order valence-corrected chi connectivity index (χ3v) is 7.09. The van der Waals surface area contributed by atoms with Crippen molar-refractivity contribution in [1.29, 1.82) is 0 Å². The van der Waals surface area contributed by atoms with E-state index in [0.29, 0.717) is 41.5 Å². The summed E-state index contributed by atoms with van der Waals surface area (Å²) < 4.78 is 35.6. The monoisotopic (exact) mass is 595 g/mol. The number of hydrogen-bond acceptors (Lipinski definition) is 8. The Morgan fingerprint density at radius 2 is 2.00 bits per heavy atom. The van der Waals surface area contributed by atoms with E-state index in [1.54, 1.807) is 43.1 Å². The molecule has 2 amide bonds. The number of aliphatic hydroxyl groups excluding tert-OH is 1. The number of aromatic nitrogens is 4. The number of anilines is 1. The second kappa shape index (κ2) is 12.8. The molecule has 1 fully saturated rings. The number of para-hydroxylation sites is 1. The summed E-state index contributed by atoms with van der Waals surface area (Å²) in [4.78, 5) is 35.3. The number of halogens is 2. The molecule has 0 bridgehead atoms. The van der Waals surface area contributed by atoms with Gasteiger partial charge in [-0.3, -0.25) is 14.9 Å². The smallest absolute Gasteiger partial charge is 0.320 e. The molecule has 1 saturated heterocycles. The topological polar surface area (TPSA) is 136 Å². The lowest BCUT2D eigenvalue weighted by Crippen LogP contribution is -2.42. The number of nitrogens with one attached hydrogen (secondary N) is 2. The summed E-state index contributed by atoms with van der Waals surface area (Å²) in [5.74, 6) is -2.00. The summed E-state index contributed by atoms with van der Waals surface area (Å²) in [5.41, 5.74) is 2.47. The summed E-state index contributed by atoms with van der Waals surface area (Å²) in [5, 5.41) is 21.8. The Bertz CT molecular complexity index is 1680. The minimum atomic E-state index is -1.23. The highest BCUT2D eigenvalue weighted by atomic mass is 19.2. The highest BCUT2D eigenvalue weighted by Gasteiger charge is 2.37. The van der Waals surface area contributed by atoms with Crippen LogP contribution in [-0.4, -0.2) is 68.4 Å². The number of hydrogen-bond donors (Lipinski definition) is 3. The van der Waals surface area contributed by atoms with Gasteiger partial charge in [-0.15, -0.1) is 0 Å². The van der Waals surface area contributed by atoms with Gasteiger partial charge in [0.05, 0.1) is 30.6 Å². The Morgan fingerprint density at radius 3 is 2.70 bits per heavy atom. The predicted molar refractivity (Wildman–Crippen MR) is 152 cm³/mol. The molecular formula is C29H31F2N7O5. The van der Waals surface area contributed by atoms with Crippen molar-refractivity contribution >= 4 is 11.8 Å². The van der Waals surface area contributed by atoms with Gasteiger partial charge in [0.15, 0.2) is 5.82 Å². The largest absolute Gasteiger partial charge is 0.391 e. The van der Waals surface area contributed by atoms with Gasteiger partial charge >= 0.3 is 6.03 Å². The Balaban J connectivity index is 1.47. The summed E-state index contributed by atoms with van der Waals surface area (Å²) in [6.45, 7) is 2.31. The van der Waals surface area contributed by atoms with Crippen LogP contribution < -0.4 is 16.2 Å². The molecule has 1 aliphatic heterocycles. The Hall–Kier alpha value is -4.50. The molecule has 1 aromatic carbocycles. The highest BCUT2D eigenvalue weighted by Crippen LogP contribution is 2.32. The van der Waals surface area contributed by atoms with E-state index in [2.05, 4.69) is 15.6 Å². The van der Waals surface area contributed by atoms with E-state index >= 15 is 0 Å². The van der Waals surface area contributed by atoms with Gasteiger partial charge in [-0.05, 0) is 31.2 Å². The third-order valence-electron chi connectivity index (χ3n) is 7.09. The number of amides is 2. The number of ether oxygens (including phenoxy) is 1. The standard InChI is InChI=1S/C29H31F2N7O5/c1-17-24(19-11-20(16-39)28(40)36(2)14-19)35-38(21-7-5-4-6-8-21)27(17)34-29(41)33-23-15-37(9-10-42-3)43-25(23)18-12-22(30)26(31)32-13-18/h4-8,11-14,23,25,39H,9-10,15-16H2,1-3H3,(H2,33,34,41)/t23-,25+/m1/s1. The summed E-state index contributed by atoms with van der Waals surface area (Å²) in [7, 11) is 3.13. The van der Waals surface area contributed by atoms with E-state index in [9.17, 15) is 23.5 Å². The van der Waals surface area contributed by atoms with Crippen molar-refractivity contribution in [3.8, 4) is 16.9 Å². The quantitative estimate of drug-likeness (QED) is 0.252. The molecule has 43 heavy (non-hydrogen) atoms. The molecule has 3 aromatic heterocycles. The fourth-order valence-corrected chi connectivity index (χ4v) is 4.94. The van der Waals surface area contributed by atoms with Gasteiger partial charge in [-0.2, -0.15) is 14.6 Å². The number of benzene rings is 1. The number of methoxy groups -OCH3 is 1. The summed E-state index contributed by atoms with van der Waals surface area (Å²) >= 11 is 0. The molecule has 2 atom stereocenters. The van der Waals surface area contributed by atoms with Crippen LogP contribution in [0.15, 0.2) is 59.7 Å². The van der Waals surface area contributed by atoms with Crippen molar-refractivity contribution in [3.05, 3.63) is 93.7 Å². The van der Waals surface area contributed by atoms with Crippen molar-refractivity contribution in [2.45, 2.75) is 25.7 Å². The maximum absolute atomic E-state index is 14.0. The lowest BCUT2D eigenvalue weighted by Gasteiger charge is -2.19. The van der Waals surface area contributed by atoms with E-state index in [1.807, 2.05) is 30.3 Å². The van der Waals surface area contributed by atoms with Crippen LogP contribution >= 0.6 is 0 Å². The third kappa shape index (κ3) is 6.32. The van der Waals surface area contributed by atoms with Gasteiger partial charge in [0.2, 0.25) is 5.95 Å². The number of carbonyl (C=O) groups is 1. The molecule has 5 rings (SSSR count). The molecule has 0 aliphatic carbocycles. The minimum absolute atomic E-state index is 0.206. The molecule has 4 aromatic rings. The first-order chi connectivity index (χ1) is 20.7. The van der Waals surface area contributed by atoms with E-state index in [1.165, 1.54) is 10.8 Å². The Kier molecular flexibility index (Phi) is 8.92. The van der Waals surface area contributed by atoms with E-state index in [-0.39, 0.29) is 23.2 Å². The second-order valence-corrected chi connectivity index (χ2v) is 10.1. The number of rotatable bonds is 9. The average molecular weight is 596 g/mol. The van der Waals surface area contributed by atoms with Gasteiger partial charge in [0.25, 0.3) is 5.56 Å². The summed E-state index contributed by atoms with van der Waals surface area (Å²) in [6.07, 6.45) is 1.94. The fraction of sp³-hybridized carbons (Fsp3) is 0.310. The molecule has 12 nitrogen and oxygen atoms in total. The van der Waals surface area contributed by atoms with Crippen LogP contribution in [0.3, 0.4) is 0 Å². The zero-order valence-corrected chi connectivity index (χ0v) is 23.8. The first-order valence-electron chi connectivity index (χ1n) is 13.4. The van der Waals surface area contributed by atoms with Crippen LogP contribution in [0.2, 0.25) is 0 Å². The SMILES string of the molecule is COCCN1C[C@@H](NC(=O)Nc2c(C)c(-c3cc(CO)c(=O)n(C)c3)nn2-c2ccccc2)[C@H](c2cnc(F)c(F)c2)O1. The van der Waals surface area contributed by atoms with Crippen LogP contribution in [0.5, 0.6) is 0 Å². The molecule has 0 radical (unpaired) electrons. The molecule has 0 unspecified atom stereocenters. The number of hydroxylamine groups is 2. The van der Waals surface area contributed by atoms with Crippen LogP contribution in [0.4, 0.5) is 19.4 Å². The van der Waals surface area contributed by atoms with E-state index < -0.39 is 36.5 Å². The van der Waals surface area contributed by atoms with Crippen LogP contribution in [0.1, 0.15) is 22.8 Å². The fourth-order valence-electron chi connectivity index (χ4n) is 4.94. The Morgan fingerprint density at radius 1 is 1.23 bits per heavy atom. The second-order valence-electron chi connectivity index (χ2n) is 10.1. The number of pyridine rings is 2. The maximum atomic E-state index is 14.0. The first-order valence-corrected chi connectivity index (χ1v) is 13.4. The highest BCUT2D eigenvalue weighted by molar-refractivity contribution is 5.91. The van der Waals surface area contributed by atoms with Gasteiger partial charge in [-0.25, -0.2) is 18.9 Å². The number of carbonyl (C=O) groups excluding carboxylic acids is 1. The molecule has 1 aliphatic rings. The predicted octanol–water partition coefficient (Wildman–Crippen LogP) is 2.84. The number of urea groups is 1. The van der Waals surface area contributed by atoms with Crippen LogP contribution in [0, 0.1) is 18.7 Å². The molecular weight excluding hydrogens is 564 g/mol. The van der Waals surface area contributed by atoms with Crippen molar-refractivity contribution in [1.82, 2.24) is 29.7 Å². The van der Waals surface area contributed by atoms with Crippen molar-refractivity contribution < 1.29 is 28.3 Å². The zero-order valence-electron chi connectivity index (χ0n) is 23.8. The van der Waals surface area contributed by atoms with Crippen LogP contribution in [-0.2, 0) is 23.2 Å². The molecule has 3 N–H and O–H groups in total. The molecule has 14 heteroatoms. The number of aryl methyl sites for hydroxylation is 1. The molecule has 226 valence electrons. The van der Waals surface area contributed by atoms with Crippen molar-refractivity contribution in [2.24, 2.45) is 7.05 Å². The van der Waals surface area contributed by atoms with Crippen molar-refractivity contribution in [2.75, 3.05) is 32.1 Å². The lowest BCUT2D eigenvalue weighted by molar-refractivity contribution is -0.154. The van der Waals surface area contributed by atoms with Gasteiger partial charge in [0.1, 0.15) is 11.9 Å². The molecule has 0 spiro atoms. The van der Waals surface area contributed by atoms with Crippen LogP contribution in [0.25, 0.3) is 16.9 Å². The van der Waals surface area contributed by atoms with E-state index in [4.69, 9.17) is 14.7 Å². The maximum Gasteiger partial charge on any atom is 0.320 e. The van der Waals surface area contributed by atoms with Gasteiger partial charge in [0, 0.05) is 61.9 Å². The minimum Gasteiger partial charge on any atom is -0.391 e. The Labute approximate surface area is 245 Å².